The second-order valence-corrected chi connectivity index (χ2v) is 9.42. The minimum absolute atomic E-state index is 0.256. The third-order valence-electron chi connectivity index (χ3n) is 1.87. The van der Waals surface area contributed by atoms with E-state index in [1.54, 1.807) is 0 Å². The van der Waals surface area contributed by atoms with Crippen molar-refractivity contribution < 1.29 is 21.8 Å². The normalized spacial score (nSPS) is 12.5. The van der Waals surface area contributed by atoms with Gasteiger partial charge in [-0.2, -0.15) is 0 Å². The predicted octanol–water partition coefficient (Wildman–Crippen LogP) is 0.633. The maximum atomic E-state index is 11.7. The van der Waals surface area contributed by atoms with E-state index >= 15 is 0 Å². The van der Waals surface area contributed by atoms with Crippen LogP contribution in [0.25, 0.3) is 0 Å². The molecule has 8 nitrogen and oxygen atoms in total. The van der Waals surface area contributed by atoms with Gasteiger partial charge in [-0.15, -0.1) is 11.3 Å². The Bertz CT molecular complexity index is 692. The lowest BCUT2D eigenvalue weighted by Crippen LogP contribution is -2.28. The minimum atomic E-state index is -4.00. The lowest BCUT2D eigenvalue weighted by atomic mass is 10.6. The molecule has 0 atom stereocenters. The molecule has 0 aliphatic carbocycles. The first-order valence-electron chi connectivity index (χ1n) is 4.64. The highest BCUT2D eigenvalue weighted by atomic mass is 35.5. The van der Waals surface area contributed by atoms with Crippen LogP contribution in [0.1, 0.15) is 0 Å². The molecule has 19 heavy (non-hydrogen) atoms. The van der Waals surface area contributed by atoms with E-state index < -0.39 is 30.5 Å². The van der Waals surface area contributed by atoms with Gasteiger partial charge < -0.3 is 0 Å². The fraction of sp³-hybridized carbons (Fsp3) is 0.429. The molecule has 1 rings (SSSR count). The number of hydrogen-bond donors (Lipinski definition) is 1. The molecule has 0 spiro atoms. The molecule has 0 saturated carbocycles. The zero-order chi connectivity index (χ0) is 14.8. The summed E-state index contributed by atoms with van der Waals surface area (Å²) in [5, 5.41) is 10.5. The summed E-state index contributed by atoms with van der Waals surface area (Å²) in [6.45, 7) is -0.315. The predicted molar refractivity (Wildman–Crippen MR) is 70.9 cm³/mol. The van der Waals surface area contributed by atoms with E-state index in [-0.39, 0.29) is 20.8 Å². The Morgan fingerprint density at radius 2 is 2.00 bits per heavy atom. The van der Waals surface area contributed by atoms with Gasteiger partial charge in [0.2, 0.25) is 10.0 Å². The third kappa shape index (κ3) is 4.69. The maximum Gasteiger partial charge on any atom is 0.300 e. The monoisotopic (exact) mass is 348 g/mol. The highest BCUT2D eigenvalue weighted by Gasteiger charge is 2.25. The number of halogens is 1. The summed E-state index contributed by atoms with van der Waals surface area (Å²) in [7, 11) is -7.31. The van der Waals surface area contributed by atoms with Crippen LogP contribution in [0.3, 0.4) is 0 Å². The van der Waals surface area contributed by atoms with Gasteiger partial charge in [0.25, 0.3) is 5.69 Å². The summed E-state index contributed by atoms with van der Waals surface area (Å²) in [6.07, 6.45) is 0.966. The summed E-state index contributed by atoms with van der Waals surface area (Å²) in [5.74, 6) is -0.368. The standard InChI is InChI=1S/C7H9ClN2O6S3/c1-18(13,14)3-2-9-19(15,16)6-4-5(10(11)12)7(8)17-6/h4,9H,2-3H2,1H3. The summed E-state index contributed by atoms with van der Waals surface area (Å²) in [6, 6.07) is 0.829. The molecule has 0 radical (unpaired) electrons. The van der Waals surface area contributed by atoms with Crippen molar-refractivity contribution >= 4 is 48.5 Å². The molecule has 0 fully saturated rings. The van der Waals surface area contributed by atoms with E-state index in [0.717, 1.165) is 12.3 Å². The molecule has 12 heteroatoms. The second-order valence-electron chi connectivity index (χ2n) is 3.51. The van der Waals surface area contributed by atoms with E-state index in [9.17, 15) is 26.9 Å². The van der Waals surface area contributed by atoms with Gasteiger partial charge in [-0.25, -0.2) is 21.6 Å². The van der Waals surface area contributed by atoms with Crippen LogP contribution in [0.15, 0.2) is 10.3 Å². The third-order valence-corrected chi connectivity index (χ3v) is 6.09. The molecule has 1 heterocycles. The number of sulfonamides is 1. The first kappa shape index (κ1) is 16.3. The van der Waals surface area contributed by atoms with Crippen molar-refractivity contribution in [3.05, 3.63) is 20.5 Å². The van der Waals surface area contributed by atoms with Gasteiger partial charge in [0, 0.05) is 18.9 Å². The van der Waals surface area contributed by atoms with Crippen molar-refractivity contribution in [3.8, 4) is 0 Å². The lowest BCUT2D eigenvalue weighted by Gasteiger charge is -2.02. The Labute approximate surface area is 118 Å². The Hall–Kier alpha value is -0.750. The van der Waals surface area contributed by atoms with Crippen molar-refractivity contribution in [2.24, 2.45) is 0 Å². The van der Waals surface area contributed by atoms with Crippen LogP contribution in [0.4, 0.5) is 5.69 Å². The molecule has 1 aromatic rings. The van der Waals surface area contributed by atoms with Crippen molar-refractivity contribution in [2.45, 2.75) is 4.21 Å². The van der Waals surface area contributed by atoms with E-state index in [1.807, 2.05) is 4.72 Å². The van der Waals surface area contributed by atoms with Crippen molar-refractivity contribution in [1.82, 2.24) is 4.72 Å². The van der Waals surface area contributed by atoms with E-state index in [1.165, 1.54) is 0 Å². The van der Waals surface area contributed by atoms with Gasteiger partial charge in [0.15, 0.2) is 4.34 Å². The molecule has 0 amide bonds. The van der Waals surface area contributed by atoms with E-state index in [4.69, 9.17) is 11.6 Å². The molecule has 0 bridgehead atoms. The number of thiophene rings is 1. The Morgan fingerprint density at radius 3 is 2.42 bits per heavy atom. The smallest absolute Gasteiger partial charge is 0.258 e. The molecule has 1 aromatic heterocycles. The fourth-order valence-electron chi connectivity index (χ4n) is 1.03. The van der Waals surface area contributed by atoms with Gasteiger partial charge in [0.1, 0.15) is 14.0 Å². The number of sulfone groups is 1. The zero-order valence-electron chi connectivity index (χ0n) is 9.49. The van der Waals surface area contributed by atoms with Crippen LogP contribution in [0.2, 0.25) is 4.34 Å². The number of nitro groups is 1. The van der Waals surface area contributed by atoms with Crippen LogP contribution in [0.5, 0.6) is 0 Å². The molecular weight excluding hydrogens is 340 g/mol. The number of rotatable bonds is 6. The summed E-state index contributed by atoms with van der Waals surface area (Å²) < 4.78 is 46.6. The minimum Gasteiger partial charge on any atom is -0.258 e. The number of nitrogens with one attached hydrogen (secondary N) is 1. The first-order chi connectivity index (χ1) is 8.53. The molecule has 0 aromatic carbocycles. The van der Waals surface area contributed by atoms with Crippen molar-refractivity contribution in [3.63, 3.8) is 0 Å². The van der Waals surface area contributed by atoms with Gasteiger partial charge in [-0.05, 0) is 0 Å². The quantitative estimate of drug-likeness (QED) is 0.594. The fourth-order valence-corrected chi connectivity index (χ4v) is 4.37. The Morgan fingerprint density at radius 1 is 1.42 bits per heavy atom. The van der Waals surface area contributed by atoms with E-state index in [0.29, 0.717) is 11.3 Å². The molecule has 0 aliphatic heterocycles. The van der Waals surface area contributed by atoms with Crippen molar-refractivity contribution in [2.75, 3.05) is 18.6 Å². The van der Waals surface area contributed by atoms with Crippen molar-refractivity contribution in [1.29, 1.82) is 0 Å². The van der Waals surface area contributed by atoms with Gasteiger partial charge >= 0.3 is 0 Å². The van der Waals surface area contributed by atoms with Gasteiger partial charge in [-0.3, -0.25) is 10.1 Å². The Kier molecular flexibility index (Phi) is 4.90. The first-order valence-corrected chi connectivity index (χ1v) is 9.38. The number of nitrogens with zero attached hydrogens (tertiary/aromatic N) is 1. The van der Waals surface area contributed by atoms with Crippen LogP contribution < -0.4 is 4.72 Å². The van der Waals surface area contributed by atoms with Crippen LogP contribution >= 0.6 is 22.9 Å². The van der Waals surface area contributed by atoms with Crippen LogP contribution in [0, 0.1) is 10.1 Å². The molecule has 108 valence electrons. The average molecular weight is 349 g/mol. The summed E-state index contributed by atoms with van der Waals surface area (Å²) >= 11 is 6.07. The highest BCUT2D eigenvalue weighted by molar-refractivity contribution is 7.92. The average Bonchev–Trinajstić information content (AvgIpc) is 2.58. The molecule has 0 unspecified atom stereocenters. The zero-order valence-corrected chi connectivity index (χ0v) is 12.7. The van der Waals surface area contributed by atoms with Gasteiger partial charge in [0.05, 0.1) is 10.7 Å². The topological polar surface area (TPSA) is 123 Å². The summed E-state index contributed by atoms with van der Waals surface area (Å²) in [4.78, 5) is 9.74. The van der Waals surface area contributed by atoms with Crippen LogP contribution in [-0.2, 0) is 19.9 Å². The SMILES string of the molecule is CS(=O)(=O)CCNS(=O)(=O)c1cc([N+](=O)[O-])c(Cl)s1. The van der Waals surface area contributed by atoms with Crippen LogP contribution in [-0.4, -0.2) is 40.3 Å². The lowest BCUT2D eigenvalue weighted by molar-refractivity contribution is -0.384. The molecule has 0 aliphatic rings. The molecule has 1 N–H and O–H groups in total. The number of hydrogen-bond acceptors (Lipinski definition) is 7. The Balaban J connectivity index is 2.89. The maximum absolute atomic E-state index is 11.7. The molecule has 0 saturated heterocycles. The highest BCUT2D eigenvalue weighted by Crippen LogP contribution is 2.35. The second kappa shape index (κ2) is 5.71. The van der Waals surface area contributed by atoms with Gasteiger partial charge in [-0.1, -0.05) is 11.6 Å². The largest absolute Gasteiger partial charge is 0.300 e. The van der Waals surface area contributed by atoms with E-state index in [2.05, 4.69) is 0 Å². The molecular formula is C7H9ClN2O6S3. The summed E-state index contributed by atoms with van der Waals surface area (Å²) in [5.41, 5.74) is -0.504.